The van der Waals surface area contributed by atoms with Gasteiger partial charge in [-0.15, -0.1) is 0 Å². The number of aliphatic carboxylic acids is 1. The van der Waals surface area contributed by atoms with Crippen molar-refractivity contribution in [3.05, 3.63) is 122 Å². The normalized spacial score (nSPS) is 18.4. The fourth-order valence-electron chi connectivity index (χ4n) is 9.10. The molecular formula is C71H114O12. The number of hydrogen-bond acceptors (Lipinski definition) is 11. The van der Waals surface area contributed by atoms with E-state index in [1.165, 1.54) is 57.8 Å². The monoisotopic (exact) mass is 1160 g/mol. The zero-order chi connectivity index (χ0) is 60.3. The Morgan fingerprint density at radius 3 is 1.20 bits per heavy atom. The van der Waals surface area contributed by atoms with Gasteiger partial charge in [-0.25, -0.2) is 4.79 Å². The van der Waals surface area contributed by atoms with Crippen molar-refractivity contribution in [3.63, 3.8) is 0 Å². The van der Waals surface area contributed by atoms with Gasteiger partial charge in [0.05, 0.1) is 6.61 Å². The van der Waals surface area contributed by atoms with Crippen LogP contribution < -0.4 is 0 Å². The molecule has 83 heavy (non-hydrogen) atoms. The predicted molar refractivity (Wildman–Crippen MR) is 340 cm³/mol. The van der Waals surface area contributed by atoms with E-state index in [0.29, 0.717) is 25.7 Å². The Balaban J connectivity index is 2.71. The topological polar surface area (TPSA) is 175 Å². The SMILES string of the molecule is CC/C=C\C/C=C\C/C=C\C/C=C\C/C=C\CCCC(=O)OC1C(OCC(COC(=O)CCCCCCCC/C=C\C/C=C\C/C=C\C/C=C\CC)OC(=O)CCCCCCCCC/C=C\CCCCCCCC)OC(C(=O)O)C(O)C1O. The number of esters is 3. The number of aliphatic hydroxyl groups excluding tert-OH is 2. The summed E-state index contributed by atoms with van der Waals surface area (Å²) in [5.74, 6) is -3.23. The standard InChI is InChI=1S/C71H114O12/c1-4-7-10-13-16-19-22-25-28-31-32-35-36-39-42-45-48-51-54-57-63(72)79-60-62(81-64(73)58-55-52-49-46-43-40-37-33-29-26-23-20-17-14-11-8-5-2)61-80-71-69(67(76)66(75)68(83-71)70(77)78)82-65(74)59-56-53-50-47-44-41-38-34-30-27-24-21-18-15-12-9-6-3/h7,9-10,12,16,18-19,21,25-30,32,35,38,41,47,50,62,66-69,71,75-76H,4-6,8,11,13-15,17,20,22-24,31,33-34,36-37,39-40,42-46,48-49,51-61H2,1-3H3,(H,77,78)/b10-7-,12-9-,19-16-,21-18-,28-25-,29-26-,30-27-,35-32-,41-38-,50-47-. The Kier molecular flexibility index (Phi) is 52.8. The number of carboxylic acid groups (broad SMARTS) is 1. The van der Waals surface area contributed by atoms with Crippen LogP contribution >= 0.6 is 0 Å². The van der Waals surface area contributed by atoms with Crippen molar-refractivity contribution in [2.24, 2.45) is 0 Å². The smallest absolute Gasteiger partial charge is 0.335 e. The zero-order valence-corrected chi connectivity index (χ0v) is 51.9. The molecule has 0 radical (unpaired) electrons. The van der Waals surface area contributed by atoms with Crippen LogP contribution in [0.2, 0.25) is 0 Å². The van der Waals surface area contributed by atoms with Gasteiger partial charge >= 0.3 is 23.9 Å². The molecule has 6 atom stereocenters. The van der Waals surface area contributed by atoms with Gasteiger partial charge in [0, 0.05) is 19.3 Å². The molecule has 0 aliphatic carbocycles. The molecule has 0 aromatic rings. The Morgan fingerprint density at radius 1 is 0.410 bits per heavy atom. The maximum atomic E-state index is 13.2. The highest BCUT2D eigenvalue weighted by molar-refractivity contribution is 5.74. The first-order valence-electron chi connectivity index (χ1n) is 32.5. The third kappa shape index (κ3) is 47.1. The average molecular weight is 1160 g/mol. The van der Waals surface area contributed by atoms with Crippen LogP contribution in [0.3, 0.4) is 0 Å². The molecule has 1 heterocycles. The maximum Gasteiger partial charge on any atom is 0.335 e. The molecule has 1 aliphatic rings. The van der Waals surface area contributed by atoms with E-state index >= 15 is 0 Å². The van der Waals surface area contributed by atoms with E-state index in [1.807, 2.05) is 12.2 Å². The van der Waals surface area contributed by atoms with Crippen LogP contribution in [0.1, 0.15) is 252 Å². The lowest BCUT2D eigenvalue weighted by Crippen LogP contribution is -2.61. The van der Waals surface area contributed by atoms with E-state index in [1.54, 1.807) is 0 Å². The molecule has 470 valence electrons. The zero-order valence-electron chi connectivity index (χ0n) is 51.9. The molecule has 1 fully saturated rings. The van der Waals surface area contributed by atoms with Crippen LogP contribution in [0.4, 0.5) is 0 Å². The molecular weight excluding hydrogens is 1040 g/mol. The number of ether oxygens (including phenoxy) is 5. The van der Waals surface area contributed by atoms with Crippen molar-refractivity contribution in [3.8, 4) is 0 Å². The summed E-state index contributed by atoms with van der Waals surface area (Å²) in [5.41, 5.74) is 0. The van der Waals surface area contributed by atoms with E-state index < -0.39 is 67.3 Å². The fourth-order valence-corrected chi connectivity index (χ4v) is 9.10. The van der Waals surface area contributed by atoms with Gasteiger partial charge < -0.3 is 39.0 Å². The van der Waals surface area contributed by atoms with Crippen molar-refractivity contribution >= 4 is 23.9 Å². The Labute approximate surface area is 503 Å². The number of carboxylic acids is 1. The van der Waals surface area contributed by atoms with E-state index in [2.05, 4.69) is 130 Å². The molecule has 6 unspecified atom stereocenters. The molecule has 0 saturated carbocycles. The van der Waals surface area contributed by atoms with Gasteiger partial charge in [-0.3, -0.25) is 14.4 Å². The summed E-state index contributed by atoms with van der Waals surface area (Å²) in [6.45, 7) is 5.74. The van der Waals surface area contributed by atoms with Crippen LogP contribution in [0.5, 0.6) is 0 Å². The largest absolute Gasteiger partial charge is 0.479 e. The van der Waals surface area contributed by atoms with E-state index in [4.69, 9.17) is 23.7 Å². The first-order valence-corrected chi connectivity index (χ1v) is 32.5. The molecule has 1 aliphatic heterocycles. The van der Waals surface area contributed by atoms with Gasteiger partial charge in [-0.05, 0) is 122 Å². The van der Waals surface area contributed by atoms with Crippen molar-refractivity contribution in [1.29, 1.82) is 0 Å². The van der Waals surface area contributed by atoms with Gasteiger partial charge in [0.15, 0.2) is 24.6 Å². The summed E-state index contributed by atoms with van der Waals surface area (Å²) < 4.78 is 28.5. The van der Waals surface area contributed by atoms with Crippen molar-refractivity contribution < 1.29 is 58.2 Å². The molecule has 0 amide bonds. The third-order valence-electron chi connectivity index (χ3n) is 14.0. The van der Waals surface area contributed by atoms with Gasteiger partial charge in [-0.2, -0.15) is 0 Å². The summed E-state index contributed by atoms with van der Waals surface area (Å²) in [4.78, 5) is 51.3. The second kappa shape index (κ2) is 57.5. The van der Waals surface area contributed by atoms with E-state index in [0.717, 1.165) is 128 Å². The molecule has 0 bridgehead atoms. The van der Waals surface area contributed by atoms with Crippen molar-refractivity contribution in [1.82, 2.24) is 0 Å². The Morgan fingerprint density at radius 2 is 0.771 bits per heavy atom. The Bertz CT molecular complexity index is 1900. The Hall–Kier alpha value is -4.88. The van der Waals surface area contributed by atoms with E-state index in [-0.39, 0.29) is 25.9 Å². The highest BCUT2D eigenvalue weighted by Crippen LogP contribution is 2.26. The molecule has 12 heteroatoms. The van der Waals surface area contributed by atoms with Crippen LogP contribution in [0, 0.1) is 0 Å². The first kappa shape index (κ1) is 76.1. The van der Waals surface area contributed by atoms with Crippen LogP contribution in [-0.4, -0.2) is 89.2 Å². The minimum atomic E-state index is -1.93. The van der Waals surface area contributed by atoms with Crippen molar-refractivity contribution in [2.75, 3.05) is 13.2 Å². The van der Waals surface area contributed by atoms with Gasteiger partial charge in [0.2, 0.25) is 0 Å². The number of carbonyl (C=O) groups excluding carboxylic acids is 3. The van der Waals surface area contributed by atoms with Crippen molar-refractivity contribution in [2.45, 2.75) is 289 Å². The van der Waals surface area contributed by atoms with Crippen LogP contribution in [0.25, 0.3) is 0 Å². The lowest BCUT2D eigenvalue weighted by Gasteiger charge is -2.40. The molecule has 0 aromatic carbocycles. The predicted octanol–water partition coefficient (Wildman–Crippen LogP) is 17.6. The lowest BCUT2D eigenvalue weighted by atomic mass is 9.98. The minimum Gasteiger partial charge on any atom is -0.479 e. The third-order valence-corrected chi connectivity index (χ3v) is 14.0. The number of allylic oxidation sites excluding steroid dienone is 20. The molecule has 3 N–H and O–H groups in total. The summed E-state index contributed by atoms with van der Waals surface area (Å²) >= 11 is 0. The minimum absolute atomic E-state index is 0.0252. The summed E-state index contributed by atoms with van der Waals surface area (Å²) in [7, 11) is 0. The quantitative estimate of drug-likeness (QED) is 0.0228. The number of hydrogen-bond donors (Lipinski definition) is 3. The second-order valence-electron chi connectivity index (χ2n) is 21.6. The molecule has 12 nitrogen and oxygen atoms in total. The van der Waals surface area contributed by atoms with Gasteiger partial charge in [0.25, 0.3) is 0 Å². The highest BCUT2D eigenvalue weighted by Gasteiger charge is 2.50. The number of rotatable bonds is 54. The fraction of sp³-hybridized carbons (Fsp3) is 0.662. The number of aliphatic hydroxyl groups is 2. The summed E-state index contributed by atoms with van der Waals surface area (Å²) in [6, 6.07) is 0. The maximum absolute atomic E-state index is 13.2. The van der Waals surface area contributed by atoms with Crippen LogP contribution in [-0.2, 0) is 42.9 Å². The lowest BCUT2D eigenvalue weighted by molar-refractivity contribution is -0.301. The van der Waals surface area contributed by atoms with E-state index in [9.17, 15) is 34.5 Å². The van der Waals surface area contributed by atoms with Gasteiger partial charge in [-0.1, -0.05) is 232 Å². The average Bonchev–Trinajstić information content (AvgIpc) is 3.55. The first-order chi connectivity index (χ1) is 40.6. The summed E-state index contributed by atoms with van der Waals surface area (Å²) in [6.07, 6.45) is 67.3. The highest BCUT2D eigenvalue weighted by atomic mass is 16.7. The molecule has 0 aromatic heterocycles. The molecule has 1 rings (SSSR count). The second-order valence-corrected chi connectivity index (χ2v) is 21.6. The number of unbranched alkanes of at least 4 members (excludes halogenated alkanes) is 20. The summed E-state index contributed by atoms with van der Waals surface area (Å²) in [5, 5.41) is 31.6. The molecule has 1 saturated heterocycles. The van der Waals surface area contributed by atoms with Crippen LogP contribution in [0.15, 0.2) is 122 Å². The molecule has 0 spiro atoms. The van der Waals surface area contributed by atoms with Gasteiger partial charge in [0.1, 0.15) is 18.8 Å². The number of carbonyl (C=O) groups is 4.